The Bertz CT molecular complexity index is 3570. The molecule has 5 aliphatic rings. The molecule has 0 atom stereocenters. The van der Waals surface area contributed by atoms with Gasteiger partial charge in [0.05, 0.1) is 27.3 Å². The molecule has 344 valence electrons. The highest BCUT2D eigenvalue weighted by molar-refractivity contribution is 7.81. The molecule has 0 spiro atoms. The zero-order valence-corrected chi connectivity index (χ0v) is 41.3. The smallest absolute Gasteiger partial charge is 0.139 e. The van der Waals surface area contributed by atoms with Crippen molar-refractivity contribution in [3.05, 3.63) is 241 Å². The Labute approximate surface area is 421 Å². The Hall–Kier alpha value is -8.37. The van der Waals surface area contributed by atoms with E-state index in [1.807, 2.05) is 0 Å². The molecule has 0 saturated carbocycles. The topological polar surface area (TPSA) is 28.2 Å². The van der Waals surface area contributed by atoms with Crippen LogP contribution in [0, 0.1) is 0 Å². The lowest BCUT2D eigenvalue weighted by molar-refractivity contribution is 0.466. The molecule has 10 aromatic rings. The van der Waals surface area contributed by atoms with E-state index < -0.39 is 18.8 Å². The number of para-hydroxylation sites is 5. The van der Waals surface area contributed by atoms with Crippen molar-refractivity contribution in [2.24, 2.45) is 0 Å². The molecular weight excluding hydrogens is 898 g/mol. The number of benzene rings is 10. The molecule has 0 fully saturated rings. The van der Waals surface area contributed by atoms with E-state index in [0.717, 1.165) is 68.1 Å². The third kappa shape index (κ3) is 5.68. The first kappa shape index (κ1) is 41.4. The van der Waals surface area contributed by atoms with E-state index in [1.165, 1.54) is 66.5 Å². The van der Waals surface area contributed by atoms with Crippen LogP contribution in [0.5, 0.6) is 23.0 Å². The molecule has 15 rings (SSSR count). The fourth-order valence-corrected chi connectivity index (χ4v) is 15.6. The maximum atomic E-state index is 7.21. The number of rotatable bonds is 7. The summed E-state index contributed by atoms with van der Waals surface area (Å²) in [5.74, 6) is 3.61. The summed E-state index contributed by atoms with van der Waals surface area (Å²) in [7, 11) is -1.13. The minimum Gasteiger partial charge on any atom is -0.456 e. The van der Waals surface area contributed by atoms with Gasteiger partial charge in [0.15, 0.2) is 0 Å². The molecule has 10 aromatic carbocycles. The summed E-state index contributed by atoms with van der Waals surface area (Å²) in [4.78, 5) is 7.38. The first-order chi connectivity index (χ1) is 35.3. The summed E-state index contributed by atoms with van der Waals surface area (Å²) >= 11 is 0. The van der Waals surface area contributed by atoms with Gasteiger partial charge in [-0.2, -0.15) is 0 Å². The van der Waals surface area contributed by atoms with Crippen molar-refractivity contribution >= 4 is 75.0 Å². The van der Waals surface area contributed by atoms with Crippen LogP contribution in [-0.2, 0) is 10.8 Å². The van der Waals surface area contributed by atoms with Crippen LogP contribution in [0.4, 0.5) is 51.2 Å². The lowest BCUT2D eigenvalue weighted by atomic mass is 9.79. The number of anilines is 9. The SMILES string of the molecule is CC1(C)c2cc(N(c3ccccc3)c3ccccc3)ccc2-c2cc3c4c(c21)N(c1ccccc1)c1c2c(cc5c1C(C)(C)c1cc(N(c6ccccc6)c6ccccc6)ccc1-5)Oc1cccc(c1P42)O3. The molecule has 2 aliphatic carbocycles. The maximum absolute atomic E-state index is 7.21. The molecule has 0 N–H and O–H groups in total. The van der Waals surface area contributed by atoms with Gasteiger partial charge in [-0.05, 0) is 154 Å². The fraction of sp³-hybridized carbons (Fsp3) is 0.0909. The number of ether oxygens (including phenoxy) is 2. The lowest BCUT2D eigenvalue weighted by Gasteiger charge is -2.47. The Morgan fingerprint density at radius 2 is 0.722 bits per heavy atom. The molecule has 5 nitrogen and oxygen atoms in total. The number of fused-ring (bicyclic) bond motifs is 8. The first-order valence-corrected chi connectivity index (χ1v) is 26.3. The third-order valence-corrected chi connectivity index (χ3v) is 18.4. The van der Waals surface area contributed by atoms with Crippen molar-refractivity contribution < 1.29 is 9.47 Å². The molecule has 72 heavy (non-hydrogen) atoms. The third-order valence-electron chi connectivity index (χ3n) is 15.8. The Morgan fingerprint density at radius 1 is 0.347 bits per heavy atom. The summed E-state index contributed by atoms with van der Waals surface area (Å²) in [6, 6.07) is 79.3. The van der Waals surface area contributed by atoms with E-state index in [2.05, 4.69) is 261 Å². The van der Waals surface area contributed by atoms with Crippen molar-refractivity contribution in [1.29, 1.82) is 0 Å². The zero-order valence-electron chi connectivity index (χ0n) is 40.4. The van der Waals surface area contributed by atoms with Crippen LogP contribution in [-0.4, -0.2) is 0 Å². The minimum atomic E-state index is -1.13. The normalized spacial score (nSPS) is 15.0. The monoisotopic (exact) mass is 945 g/mol. The molecule has 0 amide bonds. The number of hydrogen-bond acceptors (Lipinski definition) is 5. The molecule has 0 bridgehead atoms. The summed E-state index contributed by atoms with van der Waals surface area (Å²) in [6.07, 6.45) is 0. The van der Waals surface area contributed by atoms with Gasteiger partial charge in [0, 0.05) is 58.6 Å². The van der Waals surface area contributed by atoms with Crippen LogP contribution in [0.3, 0.4) is 0 Å². The molecule has 3 heterocycles. The second kappa shape index (κ2) is 15.1. The Kier molecular flexibility index (Phi) is 8.67. The van der Waals surface area contributed by atoms with Crippen LogP contribution in [0.15, 0.2) is 218 Å². The van der Waals surface area contributed by atoms with E-state index in [-0.39, 0.29) is 0 Å². The number of hydrogen-bond donors (Lipinski definition) is 0. The molecule has 0 radical (unpaired) electrons. The summed E-state index contributed by atoms with van der Waals surface area (Å²) in [6.45, 7) is 9.75. The van der Waals surface area contributed by atoms with E-state index in [1.54, 1.807) is 0 Å². The predicted octanol–water partition coefficient (Wildman–Crippen LogP) is 17.0. The van der Waals surface area contributed by atoms with Crippen molar-refractivity contribution in [2.45, 2.75) is 38.5 Å². The quantitative estimate of drug-likeness (QED) is 0.148. The van der Waals surface area contributed by atoms with Crippen LogP contribution in [0.1, 0.15) is 49.9 Å². The molecule has 6 heteroatoms. The Balaban J connectivity index is 0.985. The van der Waals surface area contributed by atoms with E-state index >= 15 is 0 Å². The highest BCUT2D eigenvalue weighted by Gasteiger charge is 2.53. The van der Waals surface area contributed by atoms with E-state index in [4.69, 9.17) is 9.47 Å². The lowest BCUT2D eigenvalue weighted by Crippen LogP contribution is -2.42. The van der Waals surface area contributed by atoms with Gasteiger partial charge >= 0.3 is 0 Å². The van der Waals surface area contributed by atoms with Gasteiger partial charge in [-0.1, -0.05) is 137 Å². The van der Waals surface area contributed by atoms with Crippen LogP contribution in [0.2, 0.25) is 0 Å². The molecular formula is C66H48N3O2P. The second-order valence-electron chi connectivity index (χ2n) is 20.5. The highest BCUT2D eigenvalue weighted by Crippen LogP contribution is 2.68. The second-order valence-corrected chi connectivity index (χ2v) is 22.5. The van der Waals surface area contributed by atoms with Crippen LogP contribution < -0.4 is 40.1 Å². The van der Waals surface area contributed by atoms with Gasteiger partial charge in [-0.25, -0.2) is 0 Å². The van der Waals surface area contributed by atoms with Crippen molar-refractivity contribution in [1.82, 2.24) is 0 Å². The van der Waals surface area contributed by atoms with Crippen molar-refractivity contribution in [3.63, 3.8) is 0 Å². The van der Waals surface area contributed by atoms with Crippen molar-refractivity contribution in [2.75, 3.05) is 14.7 Å². The summed E-state index contributed by atoms with van der Waals surface area (Å²) in [5, 5.41) is 3.69. The molecule has 0 saturated heterocycles. The van der Waals surface area contributed by atoms with Crippen LogP contribution >= 0.6 is 7.92 Å². The largest absolute Gasteiger partial charge is 0.456 e. The highest BCUT2D eigenvalue weighted by atomic mass is 31.1. The molecule has 3 aliphatic heterocycles. The van der Waals surface area contributed by atoms with E-state index in [0.29, 0.717) is 0 Å². The predicted molar refractivity (Wildman–Crippen MR) is 298 cm³/mol. The van der Waals surface area contributed by atoms with Gasteiger partial charge in [-0.15, -0.1) is 0 Å². The van der Waals surface area contributed by atoms with Crippen molar-refractivity contribution in [3.8, 4) is 45.3 Å². The molecule has 0 aromatic heterocycles. The number of nitrogens with zero attached hydrogens (tertiary/aromatic N) is 3. The van der Waals surface area contributed by atoms with Gasteiger partial charge in [0.2, 0.25) is 0 Å². The van der Waals surface area contributed by atoms with Gasteiger partial charge in [0.25, 0.3) is 0 Å². The summed E-state index contributed by atoms with van der Waals surface area (Å²) < 4.78 is 14.4. The first-order valence-electron chi connectivity index (χ1n) is 24.9. The fourth-order valence-electron chi connectivity index (χ4n) is 12.7. The van der Waals surface area contributed by atoms with Gasteiger partial charge in [0.1, 0.15) is 23.0 Å². The van der Waals surface area contributed by atoms with E-state index in [9.17, 15) is 0 Å². The summed E-state index contributed by atoms with van der Waals surface area (Å²) in [5.41, 5.74) is 19.6. The van der Waals surface area contributed by atoms with Crippen LogP contribution in [0.25, 0.3) is 22.3 Å². The average Bonchev–Trinajstić information content (AvgIpc) is 3.78. The standard InChI is InChI=1S/C66H48N3O2P/c1-65(2)52-37-46(67(41-21-10-5-11-22-41)42-23-12-6-13-24-42)33-35-48(52)50-39-56-63-60(58(50)65)69(45-29-18-9-19-30-45)61-59-51(40-57-64(61)72(63)62-54(70-56)31-20-32-55(62)71-57)49-36-34-47(38-53(49)66(59,3)4)68(43-25-14-7-15-26-43)44-27-16-8-17-28-44/h5-40H,1-4H3. The Morgan fingerprint density at radius 3 is 1.11 bits per heavy atom. The van der Waals surface area contributed by atoms with Gasteiger partial charge in [-0.3, -0.25) is 0 Å². The van der Waals surface area contributed by atoms with Gasteiger partial charge < -0.3 is 24.2 Å². The minimum absolute atomic E-state index is 0.414. The zero-order chi connectivity index (χ0) is 48.0. The molecule has 0 unspecified atom stereocenters. The maximum Gasteiger partial charge on any atom is 0.139 e. The average molecular weight is 946 g/mol.